The molecule has 3 N–H and O–H groups in total. The zero-order valence-corrected chi connectivity index (χ0v) is 13.8. The molecule has 3 aliphatic heterocycles. The van der Waals surface area contributed by atoms with Gasteiger partial charge in [-0.15, -0.1) is 0 Å². The van der Waals surface area contributed by atoms with E-state index in [1.54, 1.807) is 0 Å². The molecule has 1 aromatic carbocycles. The summed E-state index contributed by atoms with van der Waals surface area (Å²) in [6.45, 7) is 0.480. The van der Waals surface area contributed by atoms with Gasteiger partial charge in [-0.1, -0.05) is 18.2 Å². The van der Waals surface area contributed by atoms with Gasteiger partial charge < -0.3 is 29.5 Å². The lowest BCUT2D eigenvalue weighted by molar-refractivity contribution is -0.129. The Morgan fingerprint density at radius 2 is 2.20 bits per heavy atom. The van der Waals surface area contributed by atoms with E-state index in [0.29, 0.717) is 13.0 Å². The zero-order valence-electron chi connectivity index (χ0n) is 13.8. The van der Waals surface area contributed by atoms with Gasteiger partial charge in [0.15, 0.2) is 0 Å². The predicted molar refractivity (Wildman–Crippen MR) is 88.5 cm³/mol. The van der Waals surface area contributed by atoms with E-state index < -0.39 is 13.5 Å². The molecule has 0 spiro atoms. The molecule has 0 radical (unpaired) electrons. The zero-order chi connectivity index (χ0) is 17.4. The van der Waals surface area contributed by atoms with Crippen LogP contribution in [0, 0.1) is 5.92 Å². The van der Waals surface area contributed by atoms with Crippen molar-refractivity contribution < 1.29 is 29.0 Å². The number of carbonyl (C=O) groups excluding carboxylic acids is 1. The summed E-state index contributed by atoms with van der Waals surface area (Å²) in [7, 11) is -1.95. The molecule has 7 nitrogen and oxygen atoms in total. The highest BCUT2D eigenvalue weighted by Gasteiger charge is 2.45. The molecule has 0 unspecified atom stereocenters. The highest BCUT2D eigenvalue weighted by Crippen LogP contribution is 2.39. The van der Waals surface area contributed by atoms with Gasteiger partial charge in [-0.25, -0.2) is 0 Å². The van der Waals surface area contributed by atoms with Crippen molar-refractivity contribution in [3.05, 3.63) is 29.8 Å². The lowest BCUT2D eigenvalue weighted by atomic mass is 9.88. The van der Waals surface area contributed by atoms with E-state index in [9.17, 15) is 14.8 Å². The summed E-state index contributed by atoms with van der Waals surface area (Å²) in [5.74, 6) is 0.512. The third kappa shape index (κ3) is 3.53. The summed E-state index contributed by atoms with van der Waals surface area (Å²) < 4.78 is 16.5. The van der Waals surface area contributed by atoms with Gasteiger partial charge in [0.1, 0.15) is 12.0 Å². The van der Waals surface area contributed by atoms with Crippen LogP contribution in [-0.4, -0.2) is 48.3 Å². The Labute approximate surface area is 146 Å². The molecule has 3 aliphatic rings. The third-order valence-corrected chi connectivity index (χ3v) is 5.33. The molecular weight excluding hydrogens is 325 g/mol. The van der Waals surface area contributed by atoms with Crippen LogP contribution < -0.4 is 10.1 Å². The van der Waals surface area contributed by atoms with E-state index in [1.165, 1.54) is 0 Å². The van der Waals surface area contributed by atoms with Crippen molar-refractivity contribution >= 4 is 13.2 Å². The van der Waals surface area contributed by atoms with Crippen molar-refractivity contribution in [3.8, 4) is 5.75 Å². The Morgan fingerprint density at radius 1 is 1.36 bits per heavy atom. The smallest absolute Gasteiger partial charge is 0.493 e. The number of ether oxygens (including phenoxy) is 2. The molecule has 0 aliphatic carbocycles. The number of hydrogen-bond acceptors (Lipinski definition) is 6. The van der Waals surface area contributed by atoms with Crippen molar-refractivity contribution in [2.24, 2.45) is 5.92 Å². The molecule has 5 atom stereocenters. The first-order valence-electron chi connectivity index (χ1n) is 8.79. The largest absolute Gasteiger partial charge is 0.635 e. The molecule has 1 aromatic rings. The first kappa shape index (κ1) is 16.8. The molecule has 3 heterocycles. The minimum atomic E-state index is -1.95. The molecular formula is C17H22BNO6. The van der Waals surface area contributed by atoms with E-state index in [1.807, 2.05) is 24.3 Å². The molecule has 2 fully saturated rings. The van der Waals surface area contributed by atoms with Crippen LogP contribution >= 0.6 is 0 Å². The van der Waals surface area contributed by atoms with Crippen LogP contribution in [0.2, 0.25) is 0 Å². The van der Waals surface area contributed by atoms with Gasteiger partial charge in [-0.2, -0.15) is 0 Å². The topological polar surface area (TPSA) is 97.3 Å². The van der Waals surface area contributed by atoms with Crippen molar-refractivity contribution in [2.45, 2.75) is 50.0 Å². The molecule has 2 saturated heterocycles. The van der Waals surface area contributed by atoms with Gasteiger partial charge >= 0.3 is 7.32 Å². The highest BCUT2D eigenvalue weighted by molar-refractivity contribution is 6.32. The fourth-order valence-electron chi connectivity index (χ4n) is 4.16. The van der Waals surface area contributed by atoms with E-state index in [-0.39, 0.29) is 30.0 Å². The monoisotopic (exact) mass is 347 g/mol. The number of benzene rings is 1. The molecule has 0 saturated carbocycles. The molecule has 25 heavy (non-hydrogen) atoms. The van der Waals surface area contributed by atoms with Crippen LogP contribution in [0.15, 0.2) is 24.3 Å². The van der Waals surface area contributed by atoms with E-state index in [4.69, 9.17) is 14.1 Å². The molecule has 134 valence electrons. The van der Waals surface area contributed by atoms with Gasteiger partial charge in [0, 0.05) is 17.9 Å². The molecule has 8 heteroatoms. The molecule has 2 bridgehead atoms. The van der Waals surface area contributed by atoms with E-state index in [0.717, 1.165) is 30.6 Å². The number of para-hydroxylation sites is 1. The van der Waals surface area contributed by atoms with Gasteiger partial charge in [0.05, 0.1) is 24.7 Å². The van der Waals surface area contributed by atoms with Gasteiger partial charge in [-0.3, -0.25) is 4.79 Å². The lowest BCUT2D eigenvalue weighted by Crippen LogP contribution is -2.46. The van der Waals surface area contributed by atoms with Crippen LogP contribution in [0.25, 0.3) is 0 Å². The fraction of sp³-hybridized carbons (Fsp3) is 0.588. The van der Waals surface area contributed by atoms with Gasteiger partial charge in [-0.05, 0) is 25.3 Å². The van der Waals surface area contributed by atoms with Crippen molar-refractivity contribution in [1.29, 1.82) is 0 Å². The molecule has 0 aromatic heterocycles. The maximum Gasteiger partial charge on any atom is 0.635 e. The minimum absolute atomic E-state index is 0.0246. The summed E-state index contributed by atoms with van der Waals surface area (Å²) in [6.07, 6.45) is 2.40. The second-order valence-corrected chi connectivity index (χ2v) is 6.96. The highest BCUT2D eigenvalue weighted by atomic mass is 16.6. The third-order valence-electron chi connectivity index (χ3n) is 5.33. The van der Waals surface area contributed by atoms with Crippen molar-refractivity contribution in [3.63, 3.8) is 0 Å². The Morgan fingerprint density at radius 3 is 2.92 bits per heavy atom. The summed E-state index contributed by atoms with van der Waals surface area (Å²) >= 11 is 0. The summed E-state index contributed by atoms with van der Waals surface area (Å²) in [4.78, 5) is 12.6. The lowest BCUT2D eigenvalue weighted by Gasteiger charge is -2.25. The summed E-state index contributed by atoms with van der Waals surface area (Å²) in [5, 5.41) is 21.2. The van der Waals surface area contributed by atoms with Crippen molar-refractivity contribution in [1.82, 2.24) is 5.32 Å². The summed E-state index contributed by atoms with van der Waals surface area (Å²) in [5.41, 5.74) is 1.04. The second-order valence-electron chi connectivity index (χ2n) is 6.96. The SMILES string of the molecule is O=C(N[C@H](C[C@@H]1COc2ccccc21)OB(O)O)[C@@H]1C[C@@H]2CC[C@H]1O2. The van der Waals surface area contributed by atoms with Crippen LogP contribution in [0.1, 0.15) is 37.2 Å². The normalized spacial score (nSPS) is 30.6. The van der Waals surface area contributed by atoms with Crippen LogP contribution in [-0.2, 0) is 14.2 Å². The Bertz CT molecular complexity index is 641. The number of fused-ring (bicyclic) bond motifs is 3. The molecule has 1 amide bonds. The first-order valence-corrected chi connectivity index (χ1v) is 8.79. The average Bonchev–Trinajstić information content (AvgIpc) is 3.30. The Balaban J connectivity index is 1.41. The average molecular weight is 347 g/mol. The Kier molecular flexibility index (Phi) is 4.68. The quantitative estimate of drug-likeness (QED) is 0.514. The van der Waals surface area contributed by atoms with E-state index >= 15 is 0 Å². The standard InChI is InChI=1S/C17H22BNO6/c20-17(13-8-11-5-6-15(13)24-11)19-16(25-18(21)22)7-10-9-23-14-4-2-1-3-12(10)14/h1-4,10-11,13,15-16,21-22H,5-9H2,(H,19,20)/t10-,11+,13-,15-,16+/m1/s1. The van der Waals surface area contributed by atoms with Gasteiger partial charge in [0.2, 0.25) is 5.91 Å². The van der Waals surface area contributed by atoms with Crippen molar-refractivity contribution in [2.75, 3.05) is 6.61 Å². The second kappa shape index (κ2) is 6.95. The fourth-order valence-corrected chi connectivity index (χ4v) is 4.16. The number of nitrogens with one attached hydrogen (secondary N) is 1. The van der Waals surface area contributed by atoms with Gasteiger partial charge in [0.25, 0.3) is 0 Å². The maximum absolute atomic E-state index is 12.6. The predicted octanol–water partition coefficient (Wildman–Crippen LogP) is 0.549. The maximum atomic E-state index is 12.6. The number of carbonyl (C=O) groups is 1. The van der Waals surface area contributed by atoms with Crippen LogP contribution in [0.4, 0.5) is 0 Å². The number of rotatable bonds is 6. The minimum Gasteiger partial charge on any atom is -0.493 e. The van der Waals surface area contributed by atoms with Crippen LogP contribution in [0.5, 0.6) is 5.75 Å². The first-order chi connectivity index (χ1) is 12.1. The van der Waals surface area contributed by atoms with E-state index in [2.05, 4.69) is 5.32 Å². The summed E-state index contributed by atoms with van der Waals surface area (Å²) in [6, 6.07) is 7.72. The number of hydrogen-bond donors (Lipinski definition) is 3. The number of amides is 1. The van der Waals surface area contributed by atoms with Crippen LogP contribution in [0.3, 0.4) is 0 Å². The molecule has 4 rings (SSSR count). The Hall–Kier alpha value is -1.61.